The van der Waals surface area contributed by atoms with Crippen LogP contribution in [0.15, 0.2) is 46.9 Å². The van der Waals surface area contributed by atoms with Gasteiger partial charge in [0, 0.05) is 23.1 Å². The zero-order chi connectivity index (χ0) is 23.3. The fourth-order valence-corrected chi connectivity index (χ4v) is 5.02. The summed E-state index contributed by atoms with van der Waals surface area (Å²) in [7, 11) is -3.14. The molecule has 2 heterocycles. The van der Waals surface area contributed by atoms with Crippen LogP contribution in [0, 0.1) is 5.92 Å². The molecule has 0 bridgehead atoms. The molecular formula is C22H19N2O7PS. The number of thiazole rings is 1. The average Bonchev–Trinajstić information content (AvgIpc) is 3.35. The van der Waals surface area contributed by atoms with E-state index in [4.69, 9.17) is 9.15 Å². The van der Waals surface area contributed by atoms with E-state index < -0.39 is 13.1 Å². The zero-order valence-electron chi connectivity index (χ0n) is 17.3. The number of ether oxygens (including phenoxy) is 1. The molecule has 0 unspecified atom stereocenters. The number of amides is 1. The molecule has 1 saturated carbocycles. The van der Waals surface area contributed by atoms with Gasteiger partial charge in [0.25, 0.3) is 0 Å². The first-order chi connectivity index (χ1) is 15.7. The topological polar surface area (TPSA) is 142 Å². The predicted octanol–water partition coefficient (Wildman–Crippen LogP) is 4.09. The maximum atomic E-state index is 12.1. The van der Waals surface area contributed by atoms with E-state index in [-0.39, 0.29) is 29.1 Å². The molecule has 0 aliphatic heterocycles. The second kappa shape index (κ2) is 8.00. The Morgan fingerprint density at radius 2 is 1.97 bits per heavy atom. The first-order valence-electron chi connectivity index (χ1n) is 10.0. The van der Waals surface area contributed by atoms with Gasteiger partial charge in [0.2, 0.25) is 11.4 Å². The van der Waals surface area contributed by atoms with Crippen LogP contribution in [-0.4, -0.2) is 32.9 Å². The van der Waals surface area contributed by atoms with E-state index in [1.807, 2.05) is 12.1 Å². The molecule has 1 amide bonds. The quantitative estimate of drug-likeness (QED) is 0.299. The number of methoxy groups -OCH3 is 1. The van der Waals surface area contributed by atoms with Gasteiger partial charge in [0.15, 0.2) is 5.13 Å². The second-order valence-electron chi connectivity index (χ2n) is 7.69. The number of hydrogen-bond donors (Lipinski definition) is 4. The number of aromatic hydroxyl groups is 1. The highest BCUT2D eigenvalue weighted by Crippen LogP contribution is 2.45. The number of benzene rings is 2. The van der Waals surface area contributed by atoms with Crippen molar-refractivity contribution in [2.24, 2.45) is 5.92 Å². The van der Waals surface area contributed by atoms with Gasteiger partial charge in [0.05, 0.1) is 22.9 Å². The van der Waals surface area contributed by atoms with Gasteiger partial charge in [-0.25, -0.2) is 4.98 Å². The number of phenols is 1. The normalized spacial score (nSPS) is 13.9. The van der Waals surface area contributed by atoms with Crippen molar-refractivity contribution in [3.05, 3.63) is 42.5 Å². The maximum absolute atomic E-state index is 12.1. The van der Waals surface area contributed by atoms with Gasteiger partial charge in [0.1, 0.15) is 17.3 Å². The number of phenolic OH excluding ortho intramolecular Hbond substituents is 1. The number of nitrogens with one attached hydrogen (secondary N) is 1. The number of nitrogens with zero attached hydrogens (tertiary/aromatic N) is 1. The van der Waals surface area contributed by atoms with Gasteiger partial charge < -0.3 is 29.4 Å². The van der Waals surface area contributed by atoms with Crippen LogP contribution in [0.3, 0.4) is 0 Å². The van der Waals surface area contributed by atoms with Crippen LogP contribution in [0.2, 0.25) is 0 Å². The van der Waals surface area contributed by atoms with Crippen LogP contribution in [0.4, 0.5) is 5.13 Å². The van der Waals surface area contributed by atoms with Gasteiger partial charge in [-0.2, -0.15) is 0 Å². The van der Waals surface area contributed by atoms with Gasteiger partial charge in [-0.05, 0) is 37.1 Å². The molecule has 1 fully saturated rings. The Kier molecular flexibility index (Phi) is 5.25. The van der Waals surface area contributed by atoms with Gasteiger partial charge in [-0.3, -0.25) is 9.36 Å². The molecule has 4 aromatic rings. The summed E-state index contributed by atoms with van der Waals surface area (Å²) < 4.78 is 23.1. The Bertz CT molecular complexity index is 1430. The third-order valence-corrected chi connectivity index (χ3v) is 7.18. The molecule has 5 rings (SSSR count). The molecule has 2 aromatic carbocycles. The zero-order valence-corrected chi connectivity index (χ0v) is 19.0. The van der Waals surface area contributed by atoms with Crippen LogP contribution < -0.4 is 15.6 Å². The number of anilines is 1. The van der Waals surface area contributed by atoms with E-state index in [0.29, 0.717) is 27.3 Å². The first-order valence-corrected chi connectivity index (χ1v) is 12.5. The van der Waals surface area contributed by atoms with Crippen LogP contribution >= 0.6 is 18.9 Å². The smallest absolute Gasteiger partial charge is 0.391 e. The summed E-state index contributed by atoms with van der Waals surface area (Å²) in [6, 6.07) is 11.1. The van der Waals surface area contributed by atoms with Crippen molar-refractivity contribution < 1.29 is 33.4 Å². The van der Waals surface area contributed by atoms with E-state index in [2.05, 4.69) is 10.3 Å². The van der Waals surface area contributed by atoms with E-state index in [0.717, 1.165) is 17.5 Å². The number of furan rings is 1. The molecule has 33 heavy (non-hydrogen) atoms. The van der Waals surface area contributed by atoms with Crippen LogP contribution in [0.5, 0.6) is 11.5 Å². The van der Waals surface area contributed by atoms with Crippen molar-refractivity contribution in [2.45, 2.75) is 12.8 Å². The number of rotatable bonds is 6. The molecule has 1 aliphatic rings. The molecule has 2 aromatic heterocycles. The number of fused-ring (bicyclic) bond motifs is 1. The Balaban J connectivity index is 1.61. The van der Waals surface area contributed by atoms with E-state index in [1.54, 1.807) is 12.1 Å². The Hall–Kier alpha value is -3.17. The monoisotopic (exact) mass is 486 g/mol. The highest BCUT2D eigenvalue weighted by molar-refractivity contribution is 7.59. The van der Waals surface area contributed by atoms with Crippen LogP contribution in [-0.2, 0) is 9.36 Å². The molecule has 0 atom stereocenters. The molecule has 170 valence electrons. The minimum absolute atomic E-state index is 0.0381. The maximum Gasteiger partial charge on any atom is 0.391 e. The standard InChI is InChI=1S/C22H19N2O7PS/c1-30-18-10-16(25)13(9-14(18)17-7-8-19(31-17)32(27,28)29)12-3-2-4-15-20(12)33-22(23-15)24-21(26)11-5-6-11/h2-4,7-11,25H,5-6H2,1H3,(H,23,24,26)(H2,27,28,29). The summed E-state index contributed by atoms with van der Waals surface area (Å²) in [6.45, 7) is 0. The fraction of sp³-hybridized carbons (Fsp3) is 0.182. The Morgan fingerprint density at radius 1 is 1.18 bits per heavy atom. The molecule has 4 N–H and O–H groups in total. The summed E-state index contributed by atoms with van der Waals surface area (Å²) in [4.78, 5) is 35.4. The summed E-state index contributed by atoms with van der Waals surface area (Å²) in [5.74, 6) is 0.415. The SMILES string of the molecule is COc1cc(O)c(-c2cccc3nc(NC(=O)C4CC4)sc23)cc1-c1ccc(P(=O)(O)O)o1. The molecule has 0 spiro atoms. The third kappa shape index (κ3) is 4.14. The Labute approximate surface area is 191 Å². The number of carbonyl (C=O) groups excluding carboxylic acids is 1. The highest BCUT2D eigenvalue weighted by atomic mass is 32.1. The minimum atomic E-state index is -4.56. The number of aromatic nitrogens is 1. The lowest BCUT2D eigenvalue weighted by Crippen LogP contribution is -2.12. The van der Waals surface area contributed by atoms with Gasteiger partial charge >= 0.3 is 7.60 Å². The summed E-state index contributed by atoms with van der Waals surface area (Å²) in [5, 5.41) is 14.1. The Morgan fingerprint density at radius 3 is 2.64 bits per heavy atom. The largest absolute Gasteiger partial charge is 0.507 e. The lowest BCUT2D eigenvalue weighted by atomic mass is 9.99. The molecule has 9 nitrogen and oxygen atoms in total. The van der Waals surface area contributed by atoms with E-state index >= 15 is 0 Å². The van der Waals surface area contributed by atoms with Crippen LogP contribution in [0.25, 0.3) is 32.7 Å². The molecule has 0 saturated heterocycles. The molecular weight excluding hydrogens is 467 g/mol. The highest BCUT2D eigenvalue weighted by Gasteiger charge is 2.30. The molecule has 0 radical (unpaired) electrons. The van der Waals surface area contributed by atoms with E-state index in [1.165, 1.54) is 36.6 Å². The van der Waals surface area contributed by atoms with Gasteiger partial charge in [-0.15, -0.1) is 0 Å². The van der Waals surface area contributed by atoms with Crippen molar-refractivity contribution in [3.8, 4) is 33.9 Å². The number of carbonyl (C=O) groups is 1. The second-order valence-corrected chi connectivity index (χ2v) is 10.2. The lowest BCUT2D eigenvalue weighted by Gasteiger charge is -2.12. The molecule has 1 aliphatic carbocycles. The van der Waals surface area contributed by atoms with Gasteiger partial charge in [-0.1, -0.05) is 23.5 Å². The van der Waals surface area contributed by atoms with Crippen molar-refractivity contribution in [2.75, 3.05) is 12.4 Å². The summed E-state index contributed by atoms with van der Waals surface area (Å²) in [5.41, 5.74) is 1.75. The minimum Gasteiger partial charge on any atom is -0.507 e. The predicted molar refractivity (Wildman–Crippen MR) is 124 cm³/mol. The van der Waals surface area contributed by atoms with Crippen molar-refractivity contribution in [1.82, 2.24) is 4.98 Å². The fourth-order valence-electron chi connectivity index (χ4n) is 3.54. The summed E-state index contributed by atoms with van der Waals surface area (Å²) >= 11 is 1.31. The average molecular weight is 486 g/mol. The number of hydrogen-bond acceptors (Lipinski definition) is 7. The van der Waals surface area contributed by atoms with Crippen molar-refractivity contribution in [1.29, 1.82) is 0 Å². The van der Waals surface area contributed by atoms with Crippen LogP contribution in [0.1, 0.15) is 12.8 Å². The molecule has 11 heteroatoms. The lowest BCUT2D eigenvalue weighted by molar-refractivity contribution is -0.117. The van der Waals surface area contributed by atoms with E-state index in [9.17, 15) is 24.3 Å². The van der Waals surface area contributed by atoms with Crippen molar-refractivity contribution >= 4 is 45.7 Å². The summed E-state index contributed by atoms with van der Waals surface area (Å²) in [6.07, 6.45) is 1.78. The third-order valence-electron chi connectivity index (χ3n) is 5.35. The first kappa shape index (κ1) is 21.7. The van der Waals surface area contributed by atoms with Crippen molar-refractivity contribution in [3.63, 3.8) is 0 Å².